The van der Waals surface area contributed by atoms with Crippen molar-refractivity contribution in [2.75, 3.05) is 35.5 Å². The van der Waals surface area contributed by atoms with E-state index in [-0.39, 0.29) is 2.65 Å². The maximum absolute atomic E-state index is 10.9. The molecule has 0 aliphatic rings. The second kappa shape index (κ2) is 16.8. The Morgan fingerprint density at radius 2 is 1.12 bits per heavy atom. The maximum Gasteiger partial charge on any atom is 0.337 e. The molecule has 0 saturated heterocycles. The number of hydrogen-bond donors (Lipinski definition) is 1. The van der Waals surface area contributed by atoms with Gasteiger partial charge in [-0.2, -0.15) is 0 Å². The van der Waals surface area contributed by atoms with E-state index in [1.54, 1.807) is 50.6 Å². The Hall–Kier alpha value is -1.82. The minimum atomic E-state index is -1.06. The number of benzene rings is 2. The lowest BCUT2D eigenvalue weighted by molar-refractivity contribution is -0.148. The Bertz CT molecular complexity index is 799. The largest absolute Gasteiger partial charge is 0.497 e. The average molecular weight is 645 g/mol. The van der Waals surface area contributed by atoms with E-state index in [9.17, 15) is 9.59 Å². The van der Waals surface area contributed by atoms with Gasteiger partial charge in [0.1, 0.15) is 31.9 Å². The maximum atomic E-state index is 10.9. The van der Waals surface area contributed by atoms with E-state index in [1.807, 2.05) is 0 Å². The topological polar surface area (TPSA) is 101 Å². The van der Waals surface area contributed by atoms with Crippen molar-refractivity contribution in [1.29, 1.82) is 0 Å². The highest BCUT2D eigenvalue weighted by Gasteiger charge is 2.20. The van der Waals surface area contributed by atoms with Gasteiger partial charge in [-0.25, -0.2) is 4.79 Å². The normalized spacial score (nSPS) is 10.5. The van der Waals surface area contributed by atoms with Gasteiger partial charge in [-0.3, -0.25) is 4.79 Å². The Labute approximate surface area is 212 Å². The number of rotatable bonds is 8. The van der Waals surface area contributed by atoms with E-state index in [0.29, 0.717) is 34.1 Å². The second-order valence-corrected chi connectivity index (χ2v) is 12.0. The zero-order chi connectivity index (χ0) is 24.7. The Morgan fingerprint density at radius 3 is 1.38 bits per heavy atom. The molecule has 0 aliphatic heterocycles. The van der Waals surface area contributed by atoms with Gasteiger partial charge in [-0.05, 0) is 29.8 Å². The number of halogens is 3. The zero-order valence-electron chi connectivity index (χ0n) is 18.1. The highest BCUT2D eigenvalue weighted by molar-refractivity contribution is 9.38. The number of ether oxygens (including phenoxy) is 5. The molecule has 0 bridgehead atoms. The Balaban J connectivity index is 0.000000529. The molecule has 8 nitrogen and oxygen atoms in total. The summed E-state index contributed by atoms with van der Waals surface area (Å²) in [6.45, 7) is 0. The van der Waals surface area contributed by atoms with E-state index in [1.165, 1.54) is 21.3 Å². The molecular weight excluding hydrogens is 620 g/mol. The molecule has 1 N–H and O–H groups in total. The molecule has 2 aromatic rings. The third-order valence-electron chi connectivity index (χ3n) is 3.65. The van der Waals surface area contributed by atoms with Crippen LogP contribution in [0.4, 0.5) is 0 Å². The van der Waals surface area contributed by atoms with Crippen molar-refractivity contribution in [2.45, 2.75) is 8.75 Å². The van der Waals surface area contributed by atoms with Crippen molar-refractivity contribution >= 4 is 60.0 Å². The van der Waals surface area contributed by atoms with Crippen LogP contribution in [0.15, 0.2) is 36.4 Å². The molecule has 1 atom stereocenters. The van der Waals surface area contributed by atoms with Crippen molar-refractivity contribution < 1.29 is 38.4 Å². The number of methoxy groups -OCH3 is 5. The van der Waals surface area contributed by atoms with Gasteiger partial charge in [-0.1, -0.05) is 47.8 Å². The highest BCUT2D eigenvalue weighted by Crippen LogP contribution is 2.28. The van der Waals surface area contributed by atoms with Gasteiger partial charge in [0.25, 0.3) is 0 Å². The minimum Gasteiger partial charge on any atom is -0.497 e. The lowest BCUT2D eigenvalue weighted by atomic mass is 10.1. The summed E-state index contributed by atoms with van der Waals surface area (Å²) in [7, 11) is 7.43. The number of carboxylic acids is 1. The summed E-state index contributed by atoms with van der Waals surface area (Å²) in [5, 5.41) is 8.95. The predicted octanol–water partition coefficient (Wildman–Crippen LogP) is 5.45. The molecule has 0 aliphatic carbocycles. The van der Waals surface area contributed by atoms with Crippen LogP contribution in [0, 0.1) is 0 Å². The van der Waals surface area contributed by atoms with Crippen molar-refractivity contribution in [3.63, 3.8) is 0 Å². The number of hydrogen-bond acceptors (Lipinski definition) is 7. The number of aldehydes is 1. The van der Waals surface area contributed by atoms with Crippen LogP contribution in [0.3, 0.4) is 0 Å². The standard InChI is InChI=1S/C11H14O5.C9H10O3.CHBr3/c1-14-8-4-7(5-9(6-8)15-2)10(16-3)11(12)13;1-11-8-3-7(6-10)4-9(5-8)12-2;2-1(3)4/h4-6,10H,1-3H3,(H,12,13);3-6H,1-2H3;1H. The van der Waals surface area contributed by atoms with E-state index in [2.05, 4.69) is 47.8 Å². The Kier molecular flexibility index (Phi) is 15.8. The lowest BCUT2D eigenvalue weighted by Gasteiger charge is -2.13. The van der Waals surface area contributed by atoms with Gasteiger partial charge in [-0.15, -0.1) is 0 Å². The van der Waals surface area contributed by atoms with Gasteiger partial charge < -0.3 is 28.8 Å². The fraction of sp³-hybridized carbons (Fsp3) is 0.333. The third kappa shape index (κ3) is 11.7. The summed E-state index contributed by atoms with van der Waals surface area (Å²) in [6.07, 6.45) is -0.269. The number of carbonyl (C=O) groups is 2. The van der Waals surface area contributed by atoms with E-state index in [0.717, 1.165) is 6.29 Å². The predicted molar refractivity (Wildman–Crippen MR) is 132 cm³/mol. The van der Waals surface area contributed by atoms with Crippen molar-refractivity contribution in [1.82, 2.24) is 0 Å². The van der Waals surface area contributed by atoms with Gasteiger partial charge in [0.05, 0.1) is 28.4 Å². The van der Waals surface area contributed by atoms with Gasteiger partial charge in [0.2, 0.25) is 0 Å². The van der Waals surface area contributed by atoms with Crippen molar-refractivity contribution in [3.05, 3.63) is 47.5 Å². The van der Waals surface area contributed by atoms with Crippen LogP contribution < -0.4 is 18.9 Å². The van der Waals surface area contributed by atoms with Crippen LogP contribution in [0.5, 0.6) is 23.0 Å². The second-order valence-electron chi connectivity index (χ2n) is 5.61. The summed E-state index contributed by atoms with van der Waals surface area (Å²) in [4.78, 5) is 21.4. The molecule has 0 saturated carbocycles. The van der Waals surface area contributed by atoms with Crippen LogP contribution in [-0.2, 0) is 9.53 Å². The first-order valence-electron chi connectivity index (χ1n) is 8.74. The van der Waals surface area contributed by atoms with Gasteiger partial charge >= 0.3 is 5.97 Å². The van der Waals surface area contributed by atoms with Crippen molar-refractivity contribution in [3.8, 4) is 23.0 Å². The van der Waals surface area contributed by atoms with E-state index in [4.69, 9.17) is 28.8 Å². The number of aliphatic carboxylic acids is 1. The molecule has 2 aromatic carbocycles. The SMILES string of the molecule is BrC(Br)Br.COc1cc(C=O)cc(OC)c1.COc1cc(OC)cc(C(OC)C(=O)O)c1. The summed E-state index contributed by atoms with van der Waals surface area (Å²) >= 11 is 9.31. The molecule has 11 heteroatoms. The fourth-order valence-corrected chi connectivity index (χ4v) is 2.26. The van der Waals surface area contributed by atoms with E-state index >= 15 is 0 Å². The fourth-order valence-electron chi connectivity index (χ4n) is 2.26. The lowest BCUT2D eigenvalue weighted by Crippen LogP contribution is -2.13. The first-order valence-corrected chi connectivity index (χ1v) is 11.5. The van der Waals surface area contributed by atoms with Crippen LogP contribution in [-0.4, -0.2) is 55.6 Å². The first-order chi connectivity index (χ1) is 15.1. The first kappa shape index (κ1) is 30.2. The quantitative estimate of drug-likeness (QED) is 0.299. The summed E-state index contributed by atoms with van der Waals surface area (Å²) in [6, 6.07) is 9.88. The molecule has 0 aromatic heterocycles. The summed E-state index contributed by atoms with van der Waals surface area (Å²) < 4.78 is 25.2. The van der Waals surface area contributed by atoms with Crippen molar-refractivity contribution in [2.24, 2.45) is 0 Å². The Morgan fingerprint density at radius 1 is 0.781 bits per heavy atom. The molecule has 0 amide bonds. The average Bonchev–Trinajstić information content (AvgIpc) is 2.78. The third-order valence-corrected chi connectivity index (χ3v) is 3.65. The molecule has 1 unspecified atom stereocenters. The molecule has 2 rings (SSSR count). The summed E-state index contributed by atoms with van der Waals surface area (Å²) in [5.41, 5.74) is 1.03. The van der Waals surface area contributed by atoms with Crippen LogP contribution in [0.25, 0.3) is 0 Å². The molecule has 0 radical (unpaired) electrons. The molecular formula is C21H25Br3O8. The van der Waals surface area contributed by atoms with Gasteiger partial charge in [0.15, 0.2) is 6.10 Å². The van der Waals surface area contributed by atoms with Crippen LogP contribution in [0.2, 0.25) is 0 Å². The smallest absolute Gasteiger partial charge is 0.337 e. The van der Waals surface area contributed by atoms with Gasteiger partial charge in [0, 0.05) is 24.8 Å². The minimum absolute atomic E-state index is 0.271. The zero-order valence-corrected chi connectivity index (χ0v) is 22.9. The molecule has 178 valence electrons. The molecule has 0 fully saturated rings. The molecule has 0 spiro atoms. The monoisotopic (exact) mass is 642 g/mol. The summed E-state index contributed by atoms with van der Waals surface area (Å²) in [5.74, 6) is 1.24. The molecule has 0 heterocycles. The van der Waals surface area contributed by atoms with E-state index < -0.39 is 12.1 Å². The highest BCUT2D eigenvalue weighted by atomic mass is 80.0. The van der Waals surface area contributed by atoms with Crippen LogP contribution >= 0.6 is 47.8 Å². The number of carbonyl (C=O) groups excluding carboxylic acids is 1. The molecule has 32 heavy (non-hydrogen) atoms. The number of carboxylic acid groups (broad SMARTS) is 1. The number of alkyl halides is 3. The van der Waals surface area contributed by atoms with Crippen LogP contribution in [0.1, 0.15) is 22.0 Å².